The summed E-state index contributed by atoms with van der Waals surface area (Å²) in [5, 5.41) is 11.3. The highest BCUT2D eigenvalue weighted by Crippen LogP contribution is 2.15. The van der Waals surface area contributed by atoms with Crippen LogP contribution in [0.3, 0.4) is 0 Å². The van der Waals surface area contributed by atoms with Gasteiger partial charge in [0.1, 0.15) is 6.33 Å². The SMILES string of the molecule is CCCCC(Cc1ccccn1)Cn1cnnn1. The van der Waals surface area contributed by atoms with Crippen molar-refractivity contribution in [2.45, 2.75) is 39.2 Å². The molecule has 96 valence electrons. The third-order valence-electron chi connectivity index (χ3n) is 3.03. The number of nitrogens with zero attached hydrogens (tertiary/aromatic N) is 5. The Morgan fingerprint density at radius 1 is 1.33 bits per heavy atom. The highest BCUT2D eigenvalue weighted by molar-refractivity contribution is 5.04. The molecule has 0 aliphatic heterocycles. The van der Waals surface area contributed by atoms with Crippen LogP contribution in [0.25, 0.3) is 0 Å². The lowest BCUT2D eigenvalue weighted by Gasteiger charge is -2.15. The van der Waals surface area contributed by atoms with Gasteiger partial charge in [-0.3, -0.25) is 4.98 Å². The molecule has 0 N–H and O–H groups in total. The smallest absolute Gasteiger partial charge is 0.138 e. The third-order valence-corrected chi connectivity index (χ3v) is 3.03. The summed E-state index contributed by atoms with van der Waals surface area (Å²) < 4.78 is 1.81. The van der Waals surface area contributed by atoms with E-state index in [0.29, 0.717) is 5.92 Å². The molecule has 2 heterocycles. The van der Waals surface area contributed by atoms with E-state index in [1.165, 1.54) is 19.3 Å². The normalized spacial score (nSPS) is 12.5. The molecule has 0 saturated heterocycles. The van der Waals surface area contributed by atoms with Crippen LogP contribution in [-0.4, -0.2) is 25.2 Å². The zero-order chi connectivity index (χ0) is 12.6. The average Bonchev–Trinajstić information content (AvgIpc) is 2.90. The molecule has 1 atom stereocenters. The van der Waals surface area contributed by atoms with Crippen molar-refractivity contribution in [1.82, 2.24) is 25.2 Å². The Labute approximate surface area is 107 Å². The van der Waals surface area contributed by atoms with Crippen LogP contribution >= 0.6 is 0 Å². The Hall–Kier alpha value is -1.78. The second-order valence-corrected chi connectivity index (χ2v) is 4.57. The summed E-state index contributed by atoms with van der Waals surface area (Å²) in [5.41, 5.74) is 1.15. The molecular weight excluding hydrogens is 226 g/mol. The van der Waals surface area contributed by atoms with Gasteiger partial charge in [0.2, 0.25) is 0 Å². The van der Waals surface area contributed by atoms with Crippen LogP contribution in [0.1, 0.15) is 31.9 Å². The van der Waals surface area contributed by atoms with Crippen LogP contribution in [0.15, 0.2) is 30.7 Å². The number of aromatic nitrogens is 5. The fourth-order valence-corrected chi connectivity index (χ4v) is 2.09. The van der Waals surface area contributed by atoms with E-state index in [1.54, 1.807) is 6.33 Å². The molecule has 5 heteroatoms. The fourth-order valence-electron chi connectivity index (χ4n) is 2.09. The van der Waals surface area contributed by atoms with Crippen LogP contribution < -0.4 is 0 Å². The summed E-state index contributed by atoms with van der Waals surface area (Å²) in [4.78, 5) is 4.39. The van der Waals surface area contributed by atoms with Gasteiger partial charge >= 0.3 is 0 Å². The zero-order valence-corrected chi connectivity index (χ0v) is 10.7. The van der Waals surface area contributed by atoms with E-state index in [4.69, 9.17) is 0 Å². The molecule has 0 fully saturated rings. The van der Waals surface area contributed by atoms with Crippen molar-refractivity contribution >= 4 is 0 Å². The predicted molar refractivity (Wildman–Crippen MR) is 68.8 cm³/mol. The summed E-state index contributed by atoms with van der Waals surface area (Å²) in [6, 6.07) is 6.07. The maximum absolute atomic E-state index is 4.39. The van der Waals surface area contributed by atoms with E-state index in [1.807, 2.05) is 23.0 Å². The van der Waals surface area contributed by atoms with E-state index in [-0.39, 0.29) is 0 Å². The van der Waals surface area contributed by atoms with Gasteiger partial charge < -0.3 is 0 Å². The van der Waals surface area contributed by atoms with Crippen LogP contribution in [0.5, 0.6) is 0 Å². The maximum atomic E-state index is 4.39. The van der Waals surface area contributed by atoms with Crippen LogP contribution in [0, 0.1) is 5.92 Å². The van der Waals surface area contributed by atoms with Crippen molar-refractivity contribution in [3.8, 4) is 0 Å². The fraction of sp³-hybridized carbons (Fsp3) is 0.538. The van der Waals surface area contributed by atoms with E-state index in [2.05, 4.69) is 33.5 Å². The Kier molecular flexibility index (Phi) is 4.81. The number of pyridine rings is 1. The minimum absolute atomic E-state index is 0.545. The first-order chi connectivity index (χ1) is 8.88. The lowest BCUT2D eigenvalue weighted by molar-refractivity contribution is 0.372. The van der Waals surface area contributed by atoms with Gasteiger partial charge in [-0.25, -0.2) is 4.68 Å². The third kappa shape index (κ3) is 3.91. The van der Waals surface area contributed by atoms with Crippen LogP contribution in [0.4, 0.5) is 0 Å². The average molecular weight is 245 g/mol. The molecule has 0 radical (unpaired) electrons. The molecule has 1 unspecified atom stereocenters. The summed E-state index contributed by atoms with van der Waals surface area (Å²) in [7, 11) is 0. The molecule has 18 heavy (non-hydrogen) atoms. The molecule has 2 aromatic heterocycles. The number of tetrazole rings is 1. The Morgan fingerprint density at radius 3 is 2.94 bits per heavy atom. The lowest BCUT2D eigenvalue weighted by atomic mass is 9.96. The van der Waals surface area contributed by atoms with Gasteiger partial charge in [0.15, 0.2) is 0 Å². The minimum Gasteiger partial charge on any atom is -0.261 e. The van der Waals surface area contributed by atoms with E-state index in [0.717, 1.165) is 18.7 Å². The number of unbranched alkanes of at least 4 members (excludes halogenated alkanes) is 1. The first kappa shape index (κ1) is 12.7. The standard InChI is InChI=1S/C13H19N5/c1-2-3-6-12(10-18-11-15-16-17-18)9-13-7-4-5-8-14-13/h4-5,7-8,11-12H,2-3,6,9-10H2,1H3. The summed E-state index contributed by atoms with van der Waals surface area (Å²) in [5.74, 6) is 0.545. The van der Waals surface area contributed by atoms with E-state index in [9.17, 15) is 0 Å². The van der Waals surface area contributed by atoms with Gasteiger partial charge in [0.25, 0.3) is 0 Å². The molecule has 5 nitrogen and oxygen atoms in total. The topological polar surface area (TPSA) is 56.5 Å². The predicted octanol–water partition coefficient (Wildman–Crippen LogP) is 2.12. The van der Waals surface area contributed by atoms with Crippen LogP contribution in [-0.2, 0) is 13.0 Å². The first-order valence-electron chi connectivity index (χ1n) is 6.49. The lowest BCUT2D eigenvalue weighted by Crippen LogP contribution is -2.15. The molecule has 0 amide bonds. The number of hydrogen-bond acceptors (Lipinski definition) is 4. The number of rotatable bonds is 7. The second-order valence-electron chi connectivity index (χ2n) is 4.57. The van der Waals surface area contributed by atoms with Crippen LogP contribution in [0.2, 0.25) is 0 Å². The minimum atomic E-state index is 0.545. The molecule has 2 aromatic rings. The quantitative estimate of drug-likeness (QED) is 0.749. The van der Waals surface area contributed by atoms with E-state index < -0.39 is 0 Å². The molecule has 2 rings (SSSR count). The van der Waals surface area contributed by atoms with Gasteiger partial charge in [0, 0.05) is 18.4 Å². The summed E-state index contributed by atoms with van der Waals surface area (Å²) >= 11 is 0. The van der Waals surface area contributed by atoms with Crippen molar-refractivity contribution in [2.75, 3.05) is 0 Å². The first-order valence-corrected chi connectivity index (χ1v) is 6.49. The summed E-state index contributed by atoms with van der Waals surface area (Å²) in [6.45, 7) is 3.08. The zero-order valence-electron chi connectivity index (χ0n) is 10.7. The molecule has 0 saturated carbocycles. The van der Waals surface area contributed by atoms with E-state index >= 15 is 0 Å². The second kappa shape index (κ2) is 6.83. The Morgan fingerprint density at radius 2 is 2.28 bits per heavy atom. The molecular formula is C13H19N5. The van der Waals surface area contributed by atoms with Crippen molar-refractivity contribution in [3.63, 3.8) is 0 Å². The van der Waals surface area contributed by atoms with Crippen molar-refractivity contribution in [1.29, 1.82) is 0 Å². The monoisotopic (exact) mass is 245 g/mol. The van der Waals surface area contributed by atoms with Gasteiger partial charge in [-0.05, 0) is 41.3 Å². The molecule has 0 aliphatic carbocycles. The molecule has 0 aliphatic rings. The highest BCUT2D eigenvalue weighted by atomic mass is 15.5. The Balaban J connectivity index is 1.96. The summed E-state index contributed by atoms with van der Waals surface area (Å²) in [6.07, 6.45) is 8.15. The molecule has 0 bridgehead atoms. The van der Waals surface area contributed by atoms with Crippen molar-refractivity contribution in [3.05, 3.63) is 36.4 Å². The maximum Gasteiger partial charge on any atom is 0.138 e. The number of hydrogen-bond donors (Lipinski definition) is 0. The van der Waals surface area contributed by atoms with Crippen molar-refractivity contribution in [2.24, 2.45) is 5.92 Å². The van der Waals surface area contributed by atoms with Gasteiger partial charge in [0.05, 0.1) is 0 Å². The largest absolute Gasteiger partial charge is 0.261 e. The Bertz CT molecular complexity index is 426. The van der Waals surface area contributed by atoms with Gasteiger partial charge in [-0.1, -0.05) is 25.8 Å². The molecule has 0 spiro atoms. The van der Waals surface area contributed by atoms with Crippen molar-refractivity contribution < 1.29 is 0 Å². The molecule has 0 aromatic carbocycles. The highest BCUT2D eigenvalue weighted by Gasteiger charge is 2.11. The van der Waals surface area contributed by atoms with Gasteiger partial charge in [-0.15, -0.1) is 5.10 Å². The van der Waals surface area contributed by atoms with Gasteiger partial charge in [-0.2, -0.15) is 0 Å².